The van der Waals surface area contributed by atoms with Crippen LogP contribution in [-0.2, 0) is 22.0 Å². The Morgan fingerprint density at radius 2 is 1.93 bits per heavy atom. The number of amides is 1. The van der Waals surface area contributed by atoms with Crippen molar-refractivity contribution >= 4 is 45.6 Å². The monoisotopic (exact) mass is 602 g/mol. The number of halogens is 2. The molecule has 0 spiro atoms. The Morgan fingerprint density at radius 1 is 1.15 bits per heavy atom. The summed E-state index contributed by atoms with van der Waals surface area (Å²) < 4.78 is 35.1. The number of ether oxygens (including phenoxy) is 1. The number of nitrogens with zero attached hydrogens (tertiary/aromatic N) is 3. The maximum Gasteiger partial charge on any atom is 0.254 e. The molecule has 3 atom stereocenters. The predicted octanol–water partition coefficient (Wildman–Crippen LogP) is 4.94. The number of carbonyl (C=O) groups excluding carboxylic acids is 1. The Hall–Kier alpha value is -2.66. The number of hydrogen-bond donors (Lipinski definition) is 2. The van der Waals surface area contributed by atoms with Gasteiger partial charge in [-0.1, -0.05) is 34.4 Å². The third-order valence-electron chi connectivity index (χ3n) is 8.61. The van der Waals surface area contributed by atoms with Crippen molar-refractivity contribution in [1.29, 1.82) is 0 Å². The highest BCUT2D eigenvalue weighted by Gasteiger charge is 2.48. The van der Waals surface area contributed by atoms with Gasteiger partial charge in [0, 0.05) is 41.7 Å². The van der Waals surface area contributed by atoms with Gasteiger partial charge in [0.2, 0.25) is 0 Å². The molecule has 2 bridgehead atoms. The topological polar surface area (TPSA) is 115 Å². The van der Waals surface area contributed by atoms with Crippen molar-refractivity contribution in [2.75, 3.05) is 11.4 Å². The van der Waals surface area contributed by atoms with Gasteiger partial charge < -0.3 is 19.5 Å². The van der Waals surface area contributed by atoms with E-state index < -0.39 is 21.5 Å². The number of pyridine rings is 1. The summed E-state index contributed by atoms with van der Waals surface area (Å²) in [5.74, 6) is 1.99. The molecule has 40 heavy (non-hydrogen) atoms. The Morgan fingerprint density at radius 3 is 2.52 bits per heavy atom. The molecule has 4 aliphatic rings. The van der Waals surface area contributed by atoms with Crippen LogP contribution >= 0.6 is 23.2 Å². The first kappa shape index (κ1) is 26.3. The summed E-state index contributed by atoms with van der Waals surface area (Å²) >= 11 is 13.0. The smallest absolute Gasteiger partial charge is 0.254 e. The lowest BCUT2D eigenvalue weighted by Gasteiger charge is -2.32. The normalized spacial score (nSPS) is 24.6. The van der Waals surface area contributed by atoms with E-state index >= 15 is 0 Å². The fraction of sp³-hybridized carbons (Fsp3) is 0.464. The van der Waals surface area contributed by atoms with Crippen molar-refractivity contribution in [3.63, 3.8) is 0 Å². The molecule has 0 radical (unpaired) electrons. The Kier molecular flexibility index (Phi) is 6.57. The van der Waals surface area contributed by atoms with Gasteiger partial charge in [-0.05, 0) is 62.8 Å². The average molecular weight is 604 g/mol. The SMILES string of the molecule is O=C(NC1([SH](=O)=O)CC1)c1ccc(N2C[C@@H]3C[C@H]2C[C@H]3OCc2c(-c3c(Cl)cccc3Cl)noc2C2CC2)nc1. The van der Waals surface area contributed by atoms with E-state index in [-0.39, 0.29) is 6.10 Å². The second kappa shape index (κ2) is 10.0. The van der Waals surface area contributed by atoms with Crippen molar-refractivity contribution in [3.8, 4) is 11.3 Å². The summed E-state index contributed by atoms with van der Waals surface area (Å²) in [6, 6.07) is 9.25. The Bertz CT molecular complexity index is 1520. The zero-order valence-corrected chi connectivity index (χ0v) is 23.9. The molecule has 2 aromatic heterocycles. The zero-order valence-electron chi connectivity index (χ0n) is 21.5. The van der Waals surface area contributed by atoms with Crippen molar-refractivity contribution in [2.45, 2.75) is 68.1 Å². The molecule has 210 valence electrons. The molecular formula is C28H28Cl2N4O5S. The predicted molar refractivity (Wildman–Crippen MR) is 150 cm³/mol. The van der Waals surface area contributed by atoms with Crippen LogP contribution in [0.15, 0.2) is 41.1 Å². The number of rotatable bonds is 9. The number of piperidine rings is 1. The molecule has 3 aromatic rings. The Balaban J connectivity index is 1.01. The lowest BCUT2D eigenvalue weighted by atomic mass is 10.0. The number of carbonyl (C=O) groups is 1. The van der Waals surface area contributed by atoms with Gasteiger partial charge >= 0.3 is 0 Å². The molecule has 3 saturated carbocycles. The number of nitrogens with one attached hydrogen (secondary N) is 1. The summed E-state index contributed by atoms with van der Waals surface area (Å²) in [7, 11) is -2.70. The van der Waals surface area contributed by atoms with Gasteiger partial charge in [0.25, 0.3) is 5.91 Å². The Labute approximate surface area is 243 Å². The third kappa shape index (κ3) is 4.68. The molecule has 4 fully saturated rings. The van der Waals surface area contributed by atoms with Crippen LogP contribution in [0.5, 0.6) is 0 Å². The lowest BCUT2D eigenvalue weighted by Crippen LogP contribution is -2.39. The molecule has 1 saturated heterocycles. The summed E-state index contributed by atoms with van der Waals surface area (Å²) in [5, 5.41) is 8.06. The van der Waals surface area contributed by atoms with Crippen LogP contribution in [-0.4, -0.2) is 48.0 Å². The fourth-order valence-corrected chi connectivity index (χ4v) is 7.32. The van der Waals surface area contributed by atoms with E-state index in [1.165, 1.54) is 6.20 Å². The minimum Gasteiger partial charge on any atom is -0.373 e. The van der Waals surface area contributed by atoms with Crippen LogP contribution < -0.4 is 10.2 Å². The number of anilines is 1. The van der Waals surface area contributed by atoms with Crippen molar-refractivity contribution in [1.82, 2.24) is 15.5 Å². The number of aromatic nitrogens is 2. The van der Waals surface area contributed by atoms with Crippen LogP contribution in [0.1, 0.15) is 66.1 Å². The van der Waals surface area contributed by atoms with E-state index in [0.29, 0.717) is 64.2 Å². The van der Waals surface area contributed by atoms with Crippen LogP contribution in [0.3, 0.4) is 0 Å². The minimum atomic E-state index is -2.70. The first-order chi connectivity index (χ1) is 19.3. The van der Waals surface area contributed by atoms with E-state index in [4.69, 9.17) is 32.5 Å². The van der Waals surface area contributed by atoms with Gasteiger partial charge in [0.15, 0.2) is 10.7 Å². The van der Waals surface area contributed by atoms with Gasteiger partial charge in [-0.15, -0.1) is 0 Å². The van der Waals surface area contributed by atoms with E-state index in [2.05, 4.69) is 20.4 Å². The molecule has 9 nitrogen and oxygen atoms in total. The highest BCUT2D eigenvalue weighted by molar-refractivity contribution is 7.74. The van der Waals surface area contributed by atoms with Crippen molar-refractivity contribution < 1.29 is 22.5 Å². The molecule has 7 rings (SSSR count). The first-order valence-electron chi connectivity index (χ1n) is 13.6. The number of hydrogen-bond acceptors (Lipinski definition) is 8. The van der Waals surface area contributed by atoms with E-state index in [0.717, 1.165) is 49.4 Å². The van der Waals surface area contributed by atoms with Crippen LogP contribution in [0.4, 0.5) is 5.82 Å². The molecule has 1 aliphatic heterocycles. The number of benzene rings is 1. The molecule has 0 unspecified atom stereocenters. The lowest BCUT2D eigenvalue weighted by molar-refractivity contribution is 0.0122. The highest BCUT2D eigenvalue weighted by Crippen LogP contribution is 2.47. The minimum absolute atomic E-state index is 0.103. The number of fused-ring (bicyclic) bond motifs is 2. The second-order valence-corrected chi connectivity index (χ2v) is 13.5. The first-order valence-corrected chi connectivity index (χ1v) is 15.5. The maximum atomic E-state index is 12.5. The van der Waals surface area contributed by atoms with Crippen LogP contribution in [0.25, 0.3) is 11.3 Å². The summed E-state index contributed by atoms with van der Waals surface area (Å²) in [4.78, 5) is 18.2. The van der Waals surface area contributed by atoms with E-state index in [1.54, 1.807) is 18.2 Å². The quantitative estimate of drug-likeness (QED) is 0.331. The molecule has 1 amide bonds. The van der Waals surface area contributed by atoms with Crippen molar-refractivity contribution in [3.05, 3.63) is 63.5 Å². The average Bonchev–Trinajstić information content (AvgIpc) is 3.82. The highest BCUT2D eigenvalue weighted by atomic mass is 35.5. The standard InChI is InChI=1S/C28H28Cl2N4O5S/c29-20-2-1-3-21(30)24(20)25-19(26(39-33-25)15-4-5-15)14-38-22-11-18-10-17(22)13-34(18)23-7-6-16(12-31-23)27(35)32-28(8-9-28)40(36)37/h1-3,6-7,12,15,17-18,22,40H,4-5,8-11,13-14H2,(H,32,35)/t17-,18-,22+/m0/s1. The van der Waals surface area contributed by atoms with Gasteiger partial charge in [-0.3, -0.25) is 4.79 Å². The third-order valence-corrected chi connectivity index (χ3v) is 10.5. The van der Waals surface area contributed by atoms with Crippen LogP contribution in [0.2, 0.25) is 10.0 Å². The van der Waals surface area contributed by atoms with E-state index in [1.807, 2.05) is 12.1 Å². The number of thiol groups is 1. The molecule has 1 N–H and O–H groups in total. The van der Waals surface area contributed by atoms with Gasteiger partial charge in [-0.25, -0.2) is 13.4 Å². The van der Waals surface area contributed by atoms with Gasteiger partial charge in [0.1, 0.15) is 22.1 Å². The summed E-state index contributed by atoms with van der Waals surface area (Å²) in [5.41, 5.74) is 2.62. The fourth-order valence-electron chi connectivity index (χ4n) is 6.08. The van der Waals surface area contributed by atoms with Gasteiger partial charge in [0.05, 0.1) is 28.3 Å². The summed E-state index contributed by atoms with van der Waals surface area (Å²) in [6.45, 7) is 1.20. The molecule has 12 heteroatoms. The molecular weight excluding hydrogens is 575 g/mol. The second-order valence-electron chi connectivity index (χ2n) is 11.3. The summed E-state index contributed by atoms with van der Waals surface area (Å²) in [6.07, 6.45) is 6.57. The van der Waals surface area contributed by atoms with Crippen molar-refractivity contribution in [2.24, 2.45) is 5.92 Å². The molecule has 1 aromatic carbocycles. The van der Waals surface area contributed by atoms with Gasteiger partial charge in [-0.2, -0.15) is 0 Å². The maximum absolute atomic E-state index is 12.5. The zero-order chi connectivity index (χ0) is 27.6. The van der Waals surface area contributed by atoms with E-state index in [9.17, 15) is 13.2 Å². The molecule has 3 aliphatic carbocycles. The van der Waals surface area contributed by atoms with Crippen LogP contribution in [0, 0.1) is 5.92 Å². The largest absolute Gasteiger partial charge is 0.373 e. The molecule has 3 heterocycles.